The fourth-order valence-electron chi connectivity index (χ4n) is 3.80. The highest BCUT2D eigenvalue weighted by atomic mass is 32.2. The number of ether oxygens (including phenoxy) is 3. The van der Waals surface area contributed by atoms with E-state index in [-0.39, 0.29) is 17.4 Å². The van der Waals surface area contributed by atoms with Gasteiger partial charge in [-0.3, -0.25) is 19.3 Å². The van der Waals surface area contributed by atoms with Crippen molar-refractivity contribution in [2.75, 3.05) is 19.8 Å². The van der Waals surface area contributed by atoms with Crippen LogP contribution in [0.5, 0.6) is 11.5 Å². The van der Waals surface area contributed by atoms with Gasteiger partial charge in [-0.2, -0.15) is 0 Å². The van der Waals surface area contributed by atoms with E-state index in [0.717, 1.165) is 33.0 Å². The molecule has 3 aromatic carbocycles. The van der Waals surface area contributed by atoms with E-state index in [9.17, 15) is 14.4 Å². The number of benzene rings is 3. The van der Waals surface area contributed by atoms with Crippen LogP contribution in [0.25, 0.3) is 16.8 Å². The van der Waals surface area contributed by atoms with Crippen LogP contribution in [0.4, 0.5) is 4.79 Å². The van der Waals surface area contributed by atoms with Gasteiger partial charge < -0.3 is 14.2 Å². The number of nitrogens with zero attached hydrogens (tertiary/aromatic N) is 1. The van der Waals surface area contributed by atoms with Crippen molar-refractivity contribution in [3.05, 3.63) is 76.7 Å². The van der Waals surface area contributed by atoms with Gasteiger partial charge >= 0.3 is 5.97 Å². The number of imide groups is 1. The van der Waals surface area contributed by atoms with Crippen molar-refractivity contribution >= 4 is 45.7 Å². The van der Waals surface area contributed by atoms with Crippen LogP contribution in [0.2, 0.25) is 0 Å². The number of thioether (sulfide) groups is 1. The van der Waals surface area contributed by atoms with Gasteiger partial charge in [-0.1, -0.05) is 62.4 Å². The molecule has 37 heavy (non-hydrogen) atoms. The molecule has 1 aliphatic heterocycles. The van der Waals surface area contributed by atoms with Crippen LogP contribution in [-0.2, 0) is 20.9 Å². The second-order valence-electron chi connectivity index (χ2n) is 8.91. The molecular weight excluding hydrogens is 490 g/mol. The minimum Gasteiger partial charge on any atom is -0.490 e. The maximum Gasteiger partial charge on any atom is 0.326 e. The van der Waals surface area contributed by atoms with Gasteiger partial charge in [0, 0.05) is 0 Å². The molecule has 0 bridgehead atoms. The van der Waals surface area contributed by atoms with E-state index >= 15 is 0 Å². The van der Waals surface area contributed by atoms with Crippen molar-refractivity contribution in [2.45, 2.75) is 27.4 Å². The second-order valence-corrected chi connectivity index (χ2v) is 9.90. The topological polar surface area (TPSA) is 82.1 Å². The standard InChI is InChI=1S/C29H29NO6S/c1-4-34-25-14-20(15-26-28(32)30(29(33)37-26)16-27(31)36-17-19(2)3)12-13-24(25)35-18-22-10-7-9-21-8-5-6-11-23(21)22/h5-15,19H,4,16-18H2,1-3H3/b26-15+. The Morgan fingerprint density at radius 1 is 1.00 bits per heavy atom. The maximum absolute atomic E-state index is 12.8. The number of carbonyl (C=O) groups excluding carboxylic acids is 3. The number of carbonyl (C=O) groups is 3. The summed E-state index contributed by atoms with van der Waals surface area (Å²) in [6.45, 7) is 6.33. The van der Waals surface area contributed by atoms with E-state index < -0.39 is 23.7 Å². The summed E-state index contributed by atoms with van der Waals surface area (Å²) in [6.07, 6.45) is 1.61. The maximum atomic E-state index is 12.8. The Morgan fingerprint density at radius 3 is 2.57 bits per heavy atom. The van der Waals surface area contributed by atoms with Gasteiger partial charge in [0.25, 0.3) is 11.1 Å². The molecule has 1 fully saturated rings. The molecule has 0 spiro atoms. The number of hydrogen-bond acceptors (Lipinski definition) is 7. The lowest BCUT2D eigenvalue weighted by Crippen LogP contribution is -2.34. The Morgan fingerprint density at radius 2 is 1.78 bits per heavy atom. The highest BCUT2D eigenvalue weighted by molar-refractivity contribution is 8.18. The van der Waals surface area contributed by atoms with Gasteiger partial charge in [0.1, 0.15) is 13.2 Å². The summed E-state index contributed by atoms with van der Waals surface area (Å²) in [5.41, 5.74) is 1.74. The molecule has 0 unspecified atom stereocenters. The third-order valence-corrected chi connectivity index (χ3v) is 6.47. The number of hydrogen-bond donors (Lipinski definition) is 0. The molecule has 0 atom stereocenters. The predicted molar refractivity (Wildman–Crippen MR) is 144 cm³/mol. The summed E-state index contributed by atoms with van der Waals surface area (Å²) in [5.74, 6) is 0.146. The molecule has 3 aromatic rings. The molecule has 1 saturated heterocycles. The molecule has 1 aliphatic rings. The van der Waals surface area contributed by atoms with E-state index in [1.165, 1.54) is 0 Å². The second kappa shape index (κ2) is 12.0. The Kier molecular flexibility index (Phi) is 8.50. The van der Waals surface area contributed by atoms with Crippen molar-refractivity contribution < 1.29 is 28.6 Å². The summed E-state index contributed by atoms with van der Waals surface area (Å²) in [6, 6.07) is 19.6. The van der Waals surface area contributed by atoms with Crippen LogP contribution in [0.3, 0.4) is 0 Å². The van der Waals surface area contributed by atoms with Crippen LogP contribution < -0.4 is 9.47 Å². The summed E-state index contributed by atoms with van der Waals surface area (Å²) in [7, 11) is 0. The number of esters is 1. The molecule has 8 heteroatoms. The fraction of sp³-hybridized carbons (Fsp3) is 0.276. The molecule has 0 N–H and O–H groups in total. The van der Waals surface area contributed by atoms with E-state index in [1.54, 1.807) is 24.3 Å². The molecule has 0 aliphatic carbocycles. The van der Waals surface area contributed by atoms with Gasteiger partial charge in [0.05, 0.1) is 18.1 Å². The molecule has 4 rings (SSSR count). The predicted octanol–water partition coefficient (Wildman–Crippen LogP) is 6.05. The van der Waals surface area contributed by atoms with Crippen molar-refractivity contribution in [3.8, 4) is 11.5 Å². The Hall–Kier alpha value is -3.78. The molecule has 2 amide bonds. The van der Waals surface area contributed by atoms with Crippen LogP contribution in [-0.4, -0.2) is 41.8 Å². The Bertz CT molecular complexity index is 1340. The van der Waals surface area contributed by atoms with Crippen LogP contribution in [0.1, 0.15) is 31.9 Å². The zero-order chi connectivity index (χ0) is 26.4. The van der Waals surface area contributed by atoms with Crippen molar-refractivity contribution in [3.63, 3.8) is 0 Å². The monoisotopic (exact) mass is 519 g/mol. The Labute approximate surface area is 220 Å². The molecule has 0 radical (unpaired) electrons. The third-order valence-electron chi connectivity index (χ3n) is 5.57. The van der Waals surface area contributed by atoms with E-state index in [2.05, 4.69) is 18.2 Å². The summed E-state index contributed by atoms with van der Waals surface area (Å²) in [4.78, 5) is 38.3. The van der Waals surface area contributed by atoms with Crippen molar-refractivity contribution in [1.29, 1.82) is 0 Å². The van der Waals surface area contributed by atoms with Crippen LogP contribution in [0, 0.1) is 5.92 Å². The highest BCUT2D eigenvalue weighted by Gasteiger charge is 2.36. The first kappa shape index (κ1) is 26.3. The summed E-state index contributed by atoms with van der Waals surface area (Å²) >= 11 is 0.794. The lowest BCUT2D eigenvalue weighted by Gasteiger charge is -2.14. The zero-order valence-electron chi connectivity index (χ0n) is 21.1. The fourth-order valence-corrected chi connectivity index (χ4v) is 4.64. The Balaban J connectivity index is 1.48. The van der Waals surface area contributed by atoms with E-state index in [4.69, 9.17) is 14.2 Å². The smallest absolute Gasteiger partial charge is 0.326 e. The average Bonchev–Trinajstić information content (AvgIpc) is 3.14. The SMILES string of the molecule is CCOc1cc(/C=C2/SC(=O)N(CC(=O)OCC(C)C)C2=O)ccc1OCc1cccc2ccccc12. The van der Waals surface area contributed by atoms with Gasteiger partial charge in [-0.05, 0) is 64.7 Å². The molecule has 0 aromatic heterocycles. The first-order valence-electron chi connectivity index (χ1n) is 12.1. The van der Waals surface area contributed by atoms with Gasteiger partial charge in [-0.25, -0.2) is 0 Å². The van der Waals surface area contributed by atoms with Gasteiger partial charge in [0.15, 0.2) is 11.5 Å². The third kappa shape index (κ3) is 6.51. The highest BCUT2D eigenvalue weighted by Crippen LogP contribution is 2.35. The first-order chi connectivity index (χ1) is 17.9. The largest absolute Gasteiger partial charge is 0.490 e. The lowest BCUT2D eigenvalue weighted by atomic mass is 10.1. The number of amides is 2. The average molecular weight is 520 g/mol. The summed E-state index contributed by atoms with van der Waals surface area (Å²) < 4.78 is 17.0. The van der Waals surface area contributed by atoms with Crippen LogP contribution >= 0.6 is 11.8 Å². The van der Waals surface area contributed by atoms with Crippen molar-refractivity contribution in [2.24, 2.45) is 5.92 Å². The lowest BCUT2D eigenvalue weighted by molar-refractivity contribution is -0.147. The molecular formula is C29H29NO6S. The number of fused-ring (bicyclic) bond motifs is 1. The van der Waals surface area contributed by atoms with E-state index in [1.807, 2.05) is 45.0 Å². The summed E-state index contributed by atoms with van der Waals surface area (Å²) in [5, 5.41) is 1.77. The minimum atomic E-state index is -0.608. The van der Waals surface area contributed by atoms with Crippen molar-refractivity contribution in [1.82, 2.24) is 4.90 Å². The van der Waals surface area contributed by atoms with Gasteiger partial charge in [0.2, 0.25) is 0 Å². The molecule has 0 saturated carbocycles. The van der Waals surface area contributed by atoms with Gasteiger partial charge in [-0.15, -0.1) is 0 Å². The quantitative estimate of drug-likeness (QED) is 0.238. The first-order valence-corrected chi connectivity index (χ1v) is 12.9. The number of rotatable bonds is 10. The van der Waals surface area contributed by atoms with Crippen LogP contribution in [0.15, 0.2) is 65.6 Å². The normalized spacial score (nSPS) is 14.6. The zero-order valence-corrected chi connectivity index (χ0v) is 21.9. The minimum absolute atomic E-state index is 0.164. The molecule has 192 valence electrons. The van der Waals surface area contributed by atoms with E-state index in [0.29, 0.717) is 30.3 Å². The molecule has 7 nitrogen and oxygen atoms in total. The molecule has 1 heterocycles.